The second-order valence-electron chi connectivity index (χ2n) is 4.40. The number of methoxy groups -OCH3 is 3. The SMILES string of the molecule is CN=c1scc(C)n1N=Cc1cc(OC)c(OC)c(OC)c1. The molecule has 0 atom stereocenters. The van der Waals surface area contributed by atoms with Gasteiger partial charge in [-0.25, -0.2) is 4.68 Å². The van der Waals surface area contributed by atoms with E-state index in [1.807, 2.05) is 24.4 Å². The number of thiazole rings is 1. The first-order valence-corrected chi connectivity index (χ1v) is 7.46. The Morgan fingerprint density at radius 1 is 1.09 bits per heavy atom. The fourth-order valence-corrected chi connectivity index (χ4v) is 2.75. The largest absolute Gasteiger partial charge is 0.493 e. The Morgan fingerprint density at radius 2 is 1.73 bits per heavy atom. The van der Waals surface area contributed by atoms with Crippen molar-refractivity contribution in [2.24, 2.45) is 10.1 Å². The predicted octanol–water partition coefficient (Wildman–Crippen LogP) is 2.30. The van der Waals surface area contributed by atoms with Crippen LogP contribution < -0.4 is 19.0 Å². The summed E-state index contributed by atoms with van der Waals surface area (Å²) in [4.78, 5) is 5.03. The molecule has 0 unspecified atom stereocenters. The standard InChI is InChI=1S/C15H19N3O3S/c1-10-9-22-15(16-2)18(10)17-8-11-6-12(19-3)14(21-5)13(7-11)20-4/h6-9H,1-5H3. The molecule has 2 rings (SSSR count). The monoisotopic (exact) mass is 321 g/mol. The fraction of sp³-hybridized carbons (Fsp3) is 0.333. The van der Waals surface area contributed by atoms with Gasteiger partial charge >= 0.3 is 0 Å². The summed E-state index contributed by atoms with van der Waals surface area (Å²) in [5, 5.41) is 6.48. The van der Waals surface area contributed by atoms with E-state index < -0.39 is 0 Å². The maximum atomic E-state index is 5.34. The molecule has 0 aliphatic heterocycles. The molecule has 0 aliphatic carbocycles. The minimum Gasteiger partial charge on any atom is -0.493 e. The molecule has 0 bridgehead atoms. The Morgan fingerprint density at radius 3 is 2.23 bits per heavy atom. The topological polar surface area (TPSA) is 57.3 Å². The lowest BCUT2D eigenvalue weighted by molar-refractivity contribution is 0.324. The van der Waals surface area contributed by atoms with E-state index in [0.29, 0.717) is 17.2 Å². The van der Waals surface area contributed by atoms with Gasteiger partial charge in [0.1, 0.15) is 0 Å². The Labute approximate surface area is 133 Å². The van der Waals surface area contributed by atoms with Gasteiger partial charge in [0.25, 0.3) is 0 Å². The van der Waals surface area contributed by atoms with Crippen LogP contribution in [0.5, 0.6) is 17.2 Å². The number of hydrogen-bond donors (Lipinski definition) is 0. The van der Waals surface area contributed by atoms with Crippen molar-refractivity contribution in [3.8, 4) is 17.2 Å². The number of ether oxygens (including phenoxy) is 3. The first-order valence-electron chi connectivity index (χ1n) is 6.59. The van der Waals surface area contributed by atoms with Crippen LogP contribution in [-0.2, 0) is 0 Å². The summed E-state index contributed by atoms with van der Waals surface area (Å²) in [6, 6.07) is 3.69. The molecule has 0 N–H and O–H groups in total. The molecule has 22 heavy (non-hydrogen) atoms. The molecule has 0 saturated carbocycles. The van der Waals surface area contributed by atoms with Crippen molar-refractivity contribution in [3.63, 3.8) is 0 Å². The molecule has 0 amide bonds. The molecular formula is C15H19N3O3S. The minimum atomic E-state index is 0.561. The van der Waals surface area contributed by atoms with Gasteiger partial charge in [-0.3, -0.25) is 4.99 Å². The highest BCUT2D eigenvalue weighted by molar-refractivity contribution is 7.07. The normalized spacial score (nSPS) is 12.0. The van der Waals surface area contributed by atoms with E-state index in [9.17, 15) is 0 Å². The molecule has 1 heterocycles. The Bertz CT molecular complexity index is 722. The van der Waals surface area contributed by atoms with E-state index >= 15 is 0 Å². The molecule has 7 heteroatoms. The summed E-state index contributed by atoms with van der Waals surface area (Å²) in [5.74, 6) is 1.75. The predicted molar refractivity (Wildman–Crippen MR) is 87.6 cm³/mol. The number of aromatic nitrogens is 1. The highest BCUT2D eigenvalue weighted by Gasteiger charge is 2.12. The average molecular weight is 321 g/mol. The molecule has 0 radical (unpaired) electrons. The van der Waals surface area contributed by atoms with Crippen LogP contribution in [0.4, 0.5) is 0 Å². The lowest BCUT2D eigenvalue weighted by atomic mass is 10.2. The number of rotatable bonds is 5. The molecular weight excluding hydrogens is 302 g/mol. The maximum Gasteiger partial charge on any atom is 0.205 e. The van der Waals surface area contributed by atoms with Crippen molar-refractivity contribution in [1.29, 1.82) is 0 Å². The summed E-state index contributed by atoms with van der Waals surface area (Å²) in [6.45, 7) is 1.98. The summed E-state index contributed by atoms with van der Waals surface area (Å²) >= 11 is 1.55. The van der Waals surface area contributed by atoms with Crippen molar-refractivity contribution in [3.05, 3.63) is 33.6 Å². The van der Waals surface area contributed by atoms with Crippen LogP contribution in [0.3, 0.4) is 0 Å². The van der Waals surface area contributed by atoms with Gasteiger partial charge < -0.3 is 14.2 Å². The molecule has 0 saturated heterocycles. The van der Waals surface area contributed by atoms with E-state index in [4.69, 9.17) is 14.2 Å². The zero-order chi connectivity index (χ0) is 16.1. The molecule has 0 fully saturated rings. The van der Waals surface area contributed by atoms with Gasteiger partial charge in [0.2, 0.25) is 10.6 Å². The number of hydrogen-bond acceptors (Lipinski definition) is 6. The van der Waals surface area contributed by atoms with Crippen LogP contribution in [0.1, 0.15) is 11.3 Å². The van der Waals surface area contributed by atoms with Crippen LogP contribution in [0, 0.1) is 6.92 Å². The van der Waals surface area contributed by atoms with E-state index in [1.165, 1.54) is 0 Å². The van der Waals surface area contributed by atoms with E-state index in [-0.39, 0.29) is 0 Å². The summed E-state index contributed by atoms with van der Waals surface area (Å²) in [6.07, 6.45) is 1.74. The number of nitrogens with zero attached hydrogens (tertiary/aromatic N) is 3. The summed E-state index contributed by atoms with van der Waals surface area (Å²) in [7, 11) is 6.50. The summed E-state index contributed by atoms with van der Waals surface area (Å²) in [5.41, 5.74) is 1.86. The van der Waals surface area contributed by atoms with Crippen molar-refractivity contribution in [2.75, 3.05) is 28.4 Å². The molecule has 6 nitrogen and oxygen atoms in total. The molecule has 1 aromatic heterocycles. The molecule has 0 aliphatic rings. The molecule has 2 aromatic rings. The van der Waals surface area contributed by atoms with Gasteiger partial charge in [0, 0.05) is 18.0 Å². The highest BCUT2D eigenvalue weighted by Crippen LogP contribution is 2.37. The quantitative estimate of drug-likeness (QED) is 0.794. The first-order chi connectivity index (χ1) is 10.6. The molecule has 118 valence electrons. The molecule has 1 aromatic carbocycles. The molecule has 0 spiro atoms. The van der Waals surface area contributed by atoms with Crippen molar-refractivity contribution >= 4 is 17.6 Å². The number of benzene rings is 1. The first kappa shape index (κ1) is 16.1. The maximum absolute atomic E-state index is 5.34. The van der Waals surface area contributed by atoms with Gasteiger partial charge in [-0.1, -0.05) is 0 Å². The average Bonchev–Trinajstić information content (AvgIpc) is 2.91. The van der Waals surface area contributed by atoms with Crippen LogP contribution in [0.2, 0.25) is 0 Å². The zero-order valence-electron chi connectivity index (χ0n) is 13.3. The third kappa shape index (κ3) is 3.14. The Kier molecular flexibility index (Phi) is 5.21. The van der Waals surface area contributed by atoms with Gasteiger partial charge in [0.15, 0.2) is 11.5 Å². The third-order valence-corrected chi connectivity index (χ3v) is 4.08. The Hall–Kier alpha value is -2.28. The zero-order valence-corrected chi connectivity index (χ0v) is 14.1. The smallest absolute Gasteiger partial charge is 0.205 e. The van der Waals surface area contributed by atoms with Crippen LogP contribution >= 0.6 is 11.3 Å². The fourth-order valence-electron chi connectivity index (χ4n) is 1.98. The lowest BCUT2D eigenvalue weighted by Gasteiger charge is -2.12. The van der Waals surface area contributed by atoms with Crippen molar-refractivity contribution in [2.45, 2.75) is 6.92 Å². The van der Waals surface area contributed by atoms with Gasteiger partial charge in [-0.05, 0) is 19.1 Å². The van der Waals surface area contributed by atoms with Crippen molar-refractivity contribution in [1.82, 2.24) is 4.68 Å². The van der Waals surface area contributed by atoms with E-state index in [0.717, 1.165) is 16.1 Å². The third-order valence-electron chi connectivity index (χ3n) is 3.05. The van der Waals surface area contributed by atoms with Gasteiger partial charge in [0.05, 0.1) is 33.2 Å². The van der Waals surface area contributed by atoms with Crippen LogP contribution in [-0.4, -0.2) is 39.3 Å². The van der Waals surface area contributed by atoms with Crippen molar-refractivity contribution < 1.29 is 14.2 Å². The van der Waals surface area contributed by atoms with Crippen LogP contribution in [0.25, 0.3) is 0 Å². The van der Waals surface area contributed by atoms with E-state index in [2.05, 4.69) is 10.1 Å². The van der Waals surface area contributed by atoms with Gasteiger partial charge in [-0.15, -0.1) is 11.3 Å². The second-order valence-corrected chi connectivity index (χ2v) is 5.23. The minimum absolute atomic E-state index is 0.561. The summed E-state index contributed by atoms with van der Waals surface area (Å²) < 4.78 is 17.8. The van der Waals surface area contributed by atoms with Crippen LogP contribution in [0.15, 0.2) is 27.6 Å². The lowest BCUT2D eigenvalue weighted by Crippen LogP contribution is -2.11. The van der Waals surface area contributed by atoms with Gasteiger partial charge in [-0.2, -0.15) is 5.10 Å². The highest BCUT2D eigenvalue weighted by atomic mass is 32.1. The number of aryl methyl sites for hydroxylation is 1. The Balaban J connectivity index is 2.45. The second kappa shape index (κ2) is 7.13. The van der Waals surface area contributed by atoms with E-state index in [1.54, 1.807) is 50.6 Å².